The molecule has 122 valence electrons. The van der Waals surface area contributed by atoms with Crippen molar-refractivity contribution in [3.8, 4) is 0 Å². The summed E-state index contributed by atoms with van der Waals surface area (Å²) in [4.78, 5) is 24.7. The molecular formula is C16H22N6O. The van der Waals surface area contributed by atoms with Gasteiger partial charge in [-0.15, -0.1) is 0 Å². The minimum Gasteiger partial charge on any atom is -0.368 e. The second kappa shape index (κ2) is 7.21. The molecule has 1 saturated heterocycles. The van der Waals surface area contributed by atoms with Gasteiger partial charge in [0.1, 0.15) is 12.7 Å². The van der Waals surface area contributed by atoms with Gasteiger partial charge in [-0.3, -0.25) is 14.5 Å². The van der Waals surface area contributed by atoms with E-state index < -0.39 is 0 Å². The Hall–Kier alpha value is -2.44. The van der Waals surface area contributed by atoms with Crippen LogP contribution in [0.3, 0.4) is 0 Å². The molecule has 1 fully saturated rings. The molecule has 0 aromatic carbocycles. The number of hydrogen-bond donors (Lipinski definition) is 0. The molecular weight excluding hydrogens is 292 g/mol. The number of carbonyl (C=O) groups is 1. The Balaban J connectivity index is 1.44. The van der Waals surface area contributed by atoms with Gasteiger partial charge in [-0.1, -0.05) is 0 Å². The molecule has 0 radical (unpaired) electrons. The molecule has 0 bridgehead atoms. The van der Waals surface area contributed by atoms with Crippen LogP contribution in [0.5, 0.6) is 0 Å². The highest BCUT2D eigenvalue weighted by molar-refractivity contribution is 5.76. The average molecular weight is 314 g/mol. The summed E-state index contributed by atoms with van der Waals surface area (Å²) in [6, 6.07) is 4.12. The maximum atomic E-state index is 12.3. The van der Waals surface area contributed by atoms with E-state index in [4.69, 9.17) is 0 Å². The number of anilines is 1. The lowest BCUT2D eigenvalue weighted by molar-refractivity contribution is -0.131. The number of aryl methyl sites for hydroxylation is 2. The van der Waals surface area contributed by atoms with Gasteiger partial charge in [0.05, 0.1) is 0 Å². The van der Waals surface area contributed by atoms with Crippen molar-refractivity contribution in [3.63, 3.8) is 0 Å². The van der Waals surface area contributed by atoms with Crippen molar-refractivity contribution >= 4 is 11.6 Å². The summed E-state index contributed by atoms with van der Waals surface area (Å²) >= 11 is 0. The largest absolute Gasteiger partial charge is 0.368 e. The molecule has 23 heavy (non-hydrogen) atoms. The molecule has 7 heteroatoms. The van der Waals surface area contributed by atoms with Gasteiger partial charge in [0, 0.05) is 56.7 Å². The monoisotopic (exact) mass is 314 g/mol. The van der Waals surface area contributed by atoms with Crippen LogP contribution >= 0.6 is 0 Å². The van der Waals surface area contributed by atoms with Gasteiger partial charge in [0.2, 0.25) is 5.91 Å². The van der Waals surface area contributed by atoms with Crippen LogP contribution in [-0.2, 0) is 11.3 Å². The molecule has 1 amide bonds. The molecule has 0 atom stereocenters. The fourth-order valence-electron chi connectivity index (χ4n) is 2.84. The molecule has 2 aromatic heterocycles. The summed E-state index contributed by atoms with van der Waals surface area (Å²) in [6.07, 6.45) is 6.40. The first-order chi connectivity index (χ1) is 11.2. The van der Waals surface area contributed by atoms with Crippen molar-refractivity contribution in [3.05, 3.63) is 36.7 Å². The highest BCUT2D eigenvalue weighted by atomic mass is 16.2. The third-order valence-corrected chi connectivity index (χ3v) is 4.12. The van der Waals surface area contributed by atoms with Crippen molar-refractivity contribution in [2.45, 2.75) is 26.3 Å². The van der Waals surface area contributed by atoms with Crippen LogP contribution in [0.15, 0.2) is 31.0 Å². The maximum absolute atomic E-state index is 12.3. The van der Waals surface area contributed by atoms with E-state index in [0.717, 1.165) is 44.8 Å². The van der Waals surface area contributed by atoms with Crippen molar-refractivity contribution in [2.75, 3.05) is 31.1 Å². The standard InChI is InChI=1S/C16H22N6O/c1-14-11-15(4-5-18-14)20-7-9-21(10-8-20)16(23)3-2-6-22-13-17-12-19-22/h4-5,11-13H,2-3,6-10H2,1H3. The van der Waals surface area contributed by atoms with Crippen molar-refractivity contribution in [1.82, 2.24) is 24.6 Å². The number of nitrogens with zero attached hydrogens (tertiary/aromatic N) is 6. The van der Waals surface area contributed by atoms with E-state index in [-0.39, 0.29) is 5.91 Å². The summed E-state index contributed by atoms with van der Waals surface area (Å²) in [7, 11) is 0. The van der Waals surface area contributed by atoms with E-state index >= 15 is 0 Å². The van der Waals surface area contributed by atoms with Gasteiger partial charge >= 0.3 is 0 Å². The van der Waals surface area contributed by atoms with E-state index in [9.17, 15) is 4.79 Å². The number of pyridine rings is 1. The zero-order valence-electron chi connectivity index (χ0n) is 13.4. The Bertz CT molecular complexity index is 634. The van der Waals surface area contributed by atoms with E-state index in [1.54, 1.807) is 11.0 Å². The van der Waals surface area contributed by atoms with Gasteiger partial charge in [0.25, 0.3) is 0 Å². The molecule has 0 aliphatic carbocycles. The molecule has 0 unspecified atom stereocenters. The minimum atomic E-state index is 0.232. The third kappa shape index (κ3) is 4.06. The summed E-state index contributed by atoms with van der Waals surface area (Å²) < 4.78 is 1.76. The van der Waals surface area contributed by atoms with Crippen molar-refractivity contribution in [2.24, 2.45) is 0 Å². The smallest absolute Gasteiger partial charge is 0.222 e. The van der Waals surface area contributed by atoms with Gasteiger partial charge in [-0.2, -0.15) is 5.10 Å². The van der Waals surface area contributed by atoms with Crippen molar-refractivity contribution < 1.29 is 4.79 Å². The van der Waals surface area contributed by atoms with Gasteiger partial charge in [-0.05, 0) is 25.5 Å². The topological polar surface area (TPSA) is 67.2 Å². The SMILES string of the molecule is Cc1cc(N2CCN(C(=O)CCCn3cncn3)CC2)ccn1. The second-order valence-electron chi connectivity index (χ2n) is 5.79. The van der Waals surface area contributed by atoms with Crippen LogP contribution < -0.4 is 4.90 Å². The lowest BCUT2D eigenvalue weighted by atomic mass is 10.2. The van der Waals surface area contributed by atoms with E-state index in [1.807, 2.05) is 24.1 Å². The molecule has 7 nitrogen and oxygen atoms in total. The first-order valence-electron chi connectivity index (χ1n) is 8.00. The van der Waals surface area contributed by atoms with Gasteiger partial charge < -0.3 is 9.80 Å². The van der Waals surface area contributed by atoms with E-state index in [1.165, 1.54) is 12.0 Å². The van der Waals surface area contributed by atoms with Gasteiger partial charge in [-0.25, -0.2) is 4.98 Å². The number of piperazine rings is 1. The second-order valence-corrected chi connectivity index (χ2v) is 5.79. The predicted octanol–water partition coefficient (Wildman–Crippen LogP) is 1.11. The Morgan fingerprint density at radius 1 is 1.26 bits per heavy atom. The number of hydrogen-bond acceptors (Lipinski definition) is 5. The molecule has 0 spiro atoms. The fourth-order valence-corrected chi connectivity index (χ4v) is 2.84. The Morgan fingerprint density at radius 3 is 2.78 bits per heavy atom. The third-order valence-electron chi connectivity index (χ3n) is 4.12. The maximum Gasteiger partial charge on any atom is 0.222 e. The number of carbonyl (C=O) groups excluding carboxylic acids is 1. The van der Waals surface area contributed by atoms with Crippen LogP contribution in [0, 0.1) is 6.92 Å². The van der Waals surface area contributed by atoms with Crippen LogP contribution in [0.4, 0.5) is 5.69 Å². The molecule has 2 aromatic rings. The molecule has 1 aliphatic rings. The highest BCUT2D eigenvalue weighted by Crippen LogP contribution is 2.17. The summed E-state index contributed by atoms with van der Waals surface area (Å²) in [6.45, 7) is 6.05. The van der Waals surface area contributed by atoms with Crippen LogP contribution in [0.1, 0.15) is 18.5 Å². The minimum absolute atomic E-state index is 0.232. The van der Waals surface area contributed by atoms with Gasteiger partial charge in [0.15, 0.2) is 0 Å². The van der Waals surface area contributed by atoms with Crippen LogP contribution in [0.25, 0.3) is 0 Å². The first-order valence-corrected chi connectivity index (χ1v) is 8.00. The number of aromatic nitrogens is 4. The number of amides is 1. The normalized spacial score (nSPS) is 15.0. The van der Waals surface area contributed by atoms with Crippen molar-refractivity contribution in [1.29, 1.82) is 0 Å². The van der Waals surface area contributed by atoms with Crippen LogP contribution in [0.2, 0.25) is 0 Å². The quantitative estimate of drug-likeness (QED) is 0.827. The van der Waals surface area contributed by atoms with E-state index in [0.29, 0.717) is 6.42 Å². The predicted molar refractivity (Wildman–Crippen MR) is 87.0 cm³/mol. The zero-order chi connectivity index (χ0) is 16.1. The molecule has 0 N–H and O–H groups in total. The molecule has 1 aliphatic heterocycles. The fraction of sp³-hybridized carbons (Fsp3) is 0.500. The summed E-state index contributed by atoms with van der Waals surface area (Å²) in [5, 5.41) is 4.05. The Morgan fingerprint density at radius 2 is 2.09 bits per heavy atom. The van der Waals surface area contributed by atoms with E-state index in [2.05, 4.69) is 26.0 Å². The first kappa shape index (κ1) is 15.5. The molecule has 3 rings (SSSR count). The lowest BCUT2D eigenvalue weighted by Crippen LogP contribution is -2.48. The summed E-state index contributed by atoms with van der Waals surface area (Å²) in [5.74, 6) is 0.232. The highest BCUT2D eigenvalue weighted by Gasteiger charge is 2.21. The molecule has 3 heterocycles. The zero-order valence-corrected chi connectivity index (χ0v) is 13.4. The average Bonchev–Trinajstić information content (AvgIpc) is 3.08. The number of rotatable bonds is 5. The Labute approximate surface area is 135 Å². The van der Waals surface area contributed by atoms with Crippen LogP contribution in [-0.4, -0.2) is 56.7 Å². The summed E-state index contributed by atoms with van der Waals surface area (Å²) in [5.41, 5.74) is 2.21. The lowest BCUT2D eigenvalue weighted by Gasteiger charge is -2.36. The Kier molecular flexibility index (Phi) is 4.85. The molecule has 0 saturated carbocycles.